The predicted octanol–water partition coefficient (Wildman–Crippen LogP) is 2.07. The maximum absolute atomic E-state index is 12.7. The van der Waals surface area contributed by atoms with Gasteiger partial charge in [0.1, 0.15) is 0 Å². The van der Waals surface area contributed by atoms with Gasteiger partial charge in [-0.25, -0.2) is 9.97 Å². The van der Waals surface area contributed by atoms with Crippen molar-refractivity contribution >= 4 is 23.6 Å². The Labute approximate surface area is 131 Å². The quantitative estimate of drug-likeness (QED) is 0.852. The summed E-state index contributed by atoms with van der Waals surface area (Å²) in [6.07, 6.45) is 6.10. The van der Waals surface area contributed by atoms with E-state index in [1.165, 1.54) is 6.42 Å². The Morgan fingerprint density at radius 1 is 1.52 bits per heavy atom. The second-order valence-electron chi connectivity index (χ2n) is 5.78. The molecule has 5 nitrogen and oxygen atoms in total. The van der Waals surface area contributed by atoms with E-state index in [1.54, 1.807) is 6.20 Å². The van der Waals surface area contributed by atoms with E-state index in [-0.39, 0.29) is 5.91 Å². The van der Waals surface area contributed by atoms with Crippen LogP contribution in [0.15, 0.2) is 6.20 Å². The SMILES string of the molecule is CSC[C@H]1CCCN(C(=O)c2cnc(N(C)C)nc2C)C1. The zero-order valence-corrected chi connectivity index (χ0v) is 14.1. The third kappa shape index (κ3) is 3.87. The number of aromatic nitrogens is 2. The number of piperidine rings is 1. The molecule has 1 aromatic rings. The van der Waals surface area contributed by atoms with E-state index in [0.29, 0.717) is 17.4 Å². The van der Waals surface area contributed by atoms with E-state index in [2.05, 4.69) is 16.2 Å². The van der Waals surface area contributed by atoms with E-state index in [9.17, 15) is 4.79 Å². The highest BCUT2D eigenvalue weighted by Gasteiger charge is 2.25. The summed E-state index contributed by atoms with van der Waals surface area (Å²) in [6, 6.07) is 0. The van der Waals surface area contributed by atoms with Crippen LogP contribution < -0.4 is 4.90 Å². The molecule has 1 aliphatic heterocycles. The Morgan fingerprint density at radius 3 is 2.90 bits per heavy atom. The summed E-state index contributed by atoms with van der Waals surface area (Å²) >= 11 is 1.86. The van der Waals surface area contributed by atoms with Crippen LogP contribution in [-0.4, -0.2) is 60.0 Å². The van der Waals surface area contributed by atoms with E-state index in [1.807, 2.05) is 42.6 Å². The number of nitrogens with zero attached hydrogens (tertiary/aromatic N) is 4. The first-order chi connectivity index (χ1) is 10.0. The maximum Gasteiger partial charge on any atom is 0.257 e. The van der Waals surface area contributed by atoms with Crippen molar-refractivity contribution in [2.75, 3.05) is 44.1 Å². The largest absolute Gasteiger partial charge is 0.347 e. The summed E-state index contributed by atoms with van der Waals surface area (Å²) in [7, 11) is 3.79. The molecule has 2 rings (SSSR count). The molecule has 1 atom stereocenters. The second kappa shape index (κ2) is 7.11. The number of amides is 1. The van der Waals surface area contributed by atoms with Gasteiger partial charge in [-0.05, 0) is 37.7 Å². The highest BCUT2D eigenvalue weighted by Crippen LogP contribution is 2.22. The fourth-order valence-electron chi connectivity index (χ4n) is 2.67. The molecule has 0 aliphatic carbocycles. The molecular weight excluding hydrogens is 284 g/mol. The van der Waals surface area contributed by atoms with Crippen LogP contribution in [0.4, 0.5) is 5.95 Å². The van der Waals surface area contributed by atoms with Gasteiger partial charge in [0.15, 0.2) is 0 Å². The smallest absolute Gasteiger partial charge is 0.257 e. The molecular formula is C15H24N4OS. The summed E-state index contributed by atoms with van der Waals surface area (Å²) in [4.78, 5) is 25.2. The van der Waals surface area contributed by atoms with Crippen LogP contribution in [0.25, 0.3) is 0 Å². The number of carbonyl (C=O) groups is 1. The molecule has 1 aliphatic rings. The molecule has 0 N–H and O–H groups in total. The molecule has 2 heterocycles. The van der Waals surface area contributed by atoms with Crippen molar-refractivity contribution in [1.29, 1.82) is 0 Å². The molecule has 1 amide bonds. The third-order valence-electron chi connectivity index (χ3n) is 3.81. The number of aryl methyl sites for hydroxylation is 1. The van der Waals surface area contributed by atoms with E-state index in [4.69, 9.17) is 0 Å². The number of thioether (sulfide) groups is 1. The molecule has 1 saturated heterocycles. The molecule has 0 saturated carbocycles. The minimum Gasteiger partial charge on any atom is -0.347 e. The topological polar surface area (TPSA) is 49.3 Å². The Hall–Kier alpha value is -1.30. The van der Waals surface area contributed by atoms with Gasteiger partial charge in [-0.2, -0.15) is 11.8 Å². The summed E-state index contributed by atoms with van der Waals surface area (Å²) < 4.78 is 0. The highest BCUT2D eigenvalue weighted by atomic mass is 32.2. The lowest BCUT2D eigenvalue weighted by Crippen LogP contribution is -2.41. The fourth-order valence-corrected chi connectivity index (χ4v) is 3.42. The van der Waals surface area contributed by atoms with Gasteiger partial charge in [0.05, 0.1) is 11.3 Å². The maximum atomic E-state index is 12.7. The van der Waals surface area contributed by atoms with Crippen LogP contribution in [0.5, 0.6) is 0 Å². The summed E-state index contributed by atoms with van der Waals surface area (Å²) in [5.74, 6) is 2.45. The standard InChI is InChI=1S/C15H24N4OS/c1-11-13(8-16-15(17-11)18(2)3)14(20)19-7-5-6-12(9-19)10-21-4/h8,12H,5-7,9-10H2,1-4H3/t12-/m0/s1. The van der Waals surface area contributed by atoms with Gasteiger partial charge in [-0.3, -0.25) is 4.79 Å². The normalized spacial score (nSPS) is 18.7. The van der Waals surface area contributed by atoms with E-state index >= 15 is 0 Å². The second-order valence-corrected chi connectivity index (χ2v) is 6.69. The van der Waals surface area contributed by atoms with Crippen LogP contribution >= 0.6 is 11.8 Å². The average Bonchev–Trinajstić information content (AvgIpc) is 2.47. The zero-order chi connectivity index (χ0) is 15.4. The van der Waals surface area contributed by atoms with Gasteiger partial charge < -0.3 is 9.80 Å². The number of anilines is 1. The number of hydrogen-bond donors (Lipinski definition) is 0. The van der Waals surface area contributed by atoms with Gasteiger partial charge in [0, 0.05) is 33.4 Å². The van der Waals surface area contributed by atoms with Crippen LogP contribution in [-0.2, 0) is 0 Å². The Bertz CT molecular complexity index is 504. The lowest BCUT2D eigenvalue weighted by molar-refractivity contribution is 0.0683. The molecule has 21 heavy (non-hydrogen) atoms. The molecule has 0 aromatic carbocycles. The fraction of sp³-hybridized carbons (Fsp3) is 0.667. The number of hydrogen-bond acceptors (Lipinski definition) is 5. The van der Waals surface area contributed by atoms with Crippen LogP contribution in [0.3, 0.4) is 0 Å². The molecule has 0 unspecified atom stereocenters. The first kappa shape index (κ1) is 16.1. The molecule has 1 aromatic heterocycles. The van der Waals surface area contributed by atoms with Crippen molar-refractivity contribution in [3.05, 3.63) is 17.5 Å². The first-order valence-corrected chi connectivity index (χ1v) is 8.71. The number of likely N-dealkylation sites (tertiary alicyclic amines) is 1. The van der Waals surface area contributed by atoms with Crippen LogP contribution in [0.1, 0.15) is 28.9 Å². The highest BCUT2D eigenvalue weighted by molar-refractivity contribution is 7.98. The Balaban J connectivity index is 2.12. The van der Waals surface area contributed by atoms with Crippen LogP contribution in [0, 0.1) is 12.8 Å². The van der Waals surface area contributed by atoms with E-state index in [0.717, 1.165) is 31.0 Å². The van der Waals surface area contributed by atoms with Crippen molar-refractivity contribution in [1.82, 2.24) is 14.9 Å². The monoisotopic (exact) mass is 308 g/mol. The lowest BCUT2D eigenvalue weighted by Gasteiger charge is -2.32. The average molecular weight is 308 g/mol. The summed E-state index contributed by atoms with van der Waals surface area (Å²) in [5.41, 5.74) is 1.39. The Morgan fingerprint density at radius 2 is 2.29 bits per heavy atom. The summed E-state index contributed by atoms with van der Waals surface area (Å²) in [6.45, 7) is 3.58. The molecule has 1 fully saturated rings. The number of carbonyl (C=O) groups excluding carboxylic acids is 1. The predicted molar refractivity (Wildman–Crippen MR) is 88.1 cm³/mol. The number of rotatable bonds is 4. The minimum atomic E-state index is 0.0728. The van der Waals surface area contributed by atoms with Gasteiger partial charge in [0.2, 0.25) is 5.95 Å². The van der Waals surface area contributed by atoms with Crippen molar-refractivity contribution in [2.45, 2.75) is 19.8 Å². The molecule has 0 spiro atoms. The van der Waals surface area contributed by atoms with Gasteiger partial charge in [-0.15, -0.1) is 0 Å². The summed E-state index contributed by atoms with van der Waals surface area (Å²) in [5, 5.41) is 0. The van der Waals surface area contributed by atoms with Crippen LogP contribution in [0.2, 0.25) is 0 Å². The molecule has 116 valence electrons. The van der Waals surface area contributed by atoms with Crippen molar-refractivity contribution in [3.63, 3.8) is 0 Å². The van der Waals surface area contributed by atoms with Crippen molar-refractivity contribution in [2.24, 2.45) is 5.92 Å². The van der Waals surface area contributed by atoms with Gasteiger partial charge in [-0.1, -0.05) is 0 Å². The van der Waals surface area contributed by atoms with Gasteiger partial charge >= 0.3 is 0 Å². The molecule has 6 heteroatoms. The van der Waals surface area contributed by atoms with Gasteiger partial charge in [0.25, 0.3) is 5.91 Å². The van der Waals surface area contributed by atoms with Crippen molar-refractivity contribution < 1.29 is 4.79 Å². The van der Waals surface area contributed by atoms with Crippen molar-refractivity contribution in [3.8, 4) is 0 Å². The molecule has 0 radical (unpaired) electrons. The lowest BCUT2D eigenvalue weighted by atomic mass is 9.99. The first-order valence-electron chi connectivity index (χ1n) is 7.32. The molecule has 0 bridgehead atoms. The Kier molecular flexibility index (Phi) is 5.45. The zero-order valence-electron chi connectivity index (χ0n) is 13.3. The minimum absolute atomic E-state index is 0.0728. The van der Waals surface area contributed by atoms with E-state index < -0.39 is 0 Å². The third-order valence-corrected chi connectivity index (χ3v) is 4.61.